The fraction of sp³-hybridized carbons (Fsp3) is 0.158. The molecule has 0 aliphatic heterocycles. The van der Waals surface area contributed by atoms with E-state index in [1.807, 2.05) is 0 Å². The maximum Gasteiger partial charge on any atom is 0.349 e. The molecule has 29 heavy (non-hydrogen) atoms. The Morgan fingerprint density at radius 1 is 1.07 bits per heavy atom. The predicted octanol–water partition coefficient (Wildman–Crippen LogP) is 2.99. The second-order valence-electron chi connectivity index (χ2n) is 5.80. The van der Waals surface area contributed by atoms with Crippen LogP contribution in [0, 0.1) is 5.82 Å². The number of carbonyl (C=O) groups is 2. The highest BCUT2D eigenvalue weighted by Crippen LogP contribution is 2.35. The molecule has 0 aliphatic carbocycles. The molecule has 10 heteroatoms. The zero-order chi connectivity index (χ0) is 21.0. The van der Waals surface area contributed by atoms with Crippen molar-refractivity contribution >= 4 is 11.9 Å². The van der Waals surface area contributed by atoms with E-state index in [1.54, 1.807) is 6.07 Å². The summed E-state index contributed by atoms with van der Waals surface area (Å²) in [5.41, 5.74) is -0.768. The molecule has 3 rings (SSSR count). The molecule has 1 heterocycles. The summed E-state index contributed by atoms with van der Waals surface area (Å²) in [4.78, 5) is 24.3. The number of benzene rings is 2. The lowest BCUT2D eigenvalue weighted by atomic mass is 10.1. The Bertz CT molecular complexity index is 1020. The van der Waals surface area contributed by atoms with Crippen LogP contribution in [0.2, 0.25) is 0 Å². The summed E-state index contributed by atoms with van der Waals surface area (Å²) in [5, 5.41) is 8.89. The number of amides is 1. The Balaban J connectivity index is 1.90. The van der Waals surface area contributed by atoms with Gasteiger partial charge in [0.15, 0.2) is 0 Å². The fourth-order valence-corrected chi connectivity index (χ4v) is 2.44. The van der Waals surface area contributed by atoms with Gasteiger partial charge >= 0.3 is 11.9 Å². The lowest BCUT2D eigenvalue weighted by Gasteiger charge is -2.14. The number of methoxy groups -OCH3 is 1. The van der Waals surface area contributed by atoms with E-state index in [2.05, 4.69) is 20.3 Å². The number of hydrogen-bond donors (Lipinski definition) is 1. The first-order valence-electron chi connectivity index (χ1n) is 8.25. The van der Waals surface area contributed by atoms with Crippen LogP contribution in [0.5, 0.6) is 0 Å². The maximum absolute atomic E-state index is 14.6. The van der Waals surface area contributed by atoms with E-state index in [9.17, 15) is 22.8 Å². The van der Waals surface area contributed by atoms with Crippen molar-refractivity contribution in [2.75, 3.05) is 7.11 Å². The Morgan fingerprint density at radius 2 is 1.72 bits per heavy atom. The molecule has 150 valence electrons. The molecule has 0 spiro atoms. The first kappa shape index (κ1) is 20.1. The van der Waals surface area contributed by atoms with E-state index in [-0.39, 0.29) is 5.56 Å². The van der Waals surface area contributed by atoms with Gasteiger partial charge in [-0.1, -0.05) is 42.5 Å². The highest BCUT2D eigenvalue weighted by atomic mass is 19.3. The van der Waals surface area contributed by atoms with E-state index in [4.69, 9.17) is 4.42 Å². The number of halogens is 3. The molecule has 0 aliphatic rings. The lowest BCUT2D eigenvalue weighted by molar-refractivity contribution is -0.143. The Morgan fingerprint density at radius 3 is 2.38 bits per heavy atom. The minimum absolute atomic E-state index is 0.365. The zero-order valence-electron chi connectivity index (χ0n) is 14.9. The number of ether oxygens (including phenoxy) is 1. The van der Waals surface area contributed by atoms with Crippen molar-refractivity contribution in [1.29, 1.82) is 0 Å². The smallest absolute Gasteiger partial charge is 0.349 e. The summed E-state index contributed by atoms with van der Waals surface area (Å²) in [5.74, 6) is -8.24. The van der Waals surface area contributed by atoms with Gasteiger partial charge in [0.2, 0.25) is 6.04 Å². The van der Waals surface area contributed by atoms with E-state index in [0.29, 0.717) is 0 Å². The van der Waals surface area contributed by atoms with E-state index in [0.717, 1.165) is 13.2 Å². The summed E-state index contributed by atoms with van der Waals surface area (Å²) in [6.07, 6.45) is 0. The van der Waals surface area contributed by atoms with Crippen LogP contribution in [-0.4, -0.2) is 29.2 Å². The van der Waals surface area contributed by atoms with Crippen molar-refractivity contribution < 1.29 is 31.9 Å². The number of nitrogens with zero attached hydrogens (tertiary/aromatic N) is 2. The average molecular weight is 405 g/mol. The number of alkyl halides is 2. The molecular formula is C19H14F3N3O4. The summed E-state index contributed by atoms with van der Waals surface area (Å²) in [7, 11) is 1.01. The number of nitrogens with one attached hydrogen (secondary N) is 1. The monoisotopic (exact) mass is 405 g/mol. The van der Waals surface area contributed by atoms with Gasteiger partial charge in [0, 0.05) is 5.56 Å². The molecule has 0 radical (unpaired) electrons. The highest BCUT2D eigenvalue weighted by Gasteiger charge is 2.42. The molecule has 2 aromatic carbocycles. The van der Waals surface area contributed by atoms with E-state index < -0.39 is 47.0 Å². The maximum atomic E-state index is 14.6. The van der Waals surface area contributed by atoms with Crippen molar-refractivity contribution in [3.05, 3.63) is 83.3 Å². The van der Waals surface area contributed by atoms with Gasteiger partial charge in [-0.2, -0.15) is 8.78 Å². The van der Waals surface area contributed by atoms with Gasteiger partial charge < -0.3 is 14.5 Å². The summed E-state index contributed by atoms with van der Waals surface area (Å²) >= 11 is 0. The predicted molar refractivity (Wildman–Crippen MR) is 92.4 cm³/mol. The van der Waals surface area contributed by atoms with Crippen molar-refractivity contribution in [2.45, 2.75) is 12.0 Å². The largest absolute Gasteiger partial charge is 0.467 e. The molecule has 0 fully saturated rings. The number of aromatic nitrogens is 2. The van der Waals surface area contributed by atoms with E-state index >= 15 is 0 Å². The lowest BCUT2D eigenvalue weighted by Crippen LogP contribution is -2.35. The van der Waals surface area contributed by atoms with Gasteiger partial charge in [-0.25, -0.2) is 9.18 Å². The molecule has 1 atom stereocenters. The third-order valence-electron chi connectivity index (χ3n) is 3.92. The number of carbonyl (C=O) groups excluding carboxylic acids is 2. The van der Waals surface area contributed by atoms with Crippen molar-refractivity contribution in [2.24, 2.45) is 0 Å². The summed E-state index contributed by atoms with van der Waals surface area (Å²) < 4.78 is 52.5. The molecule has 1 N–H and O–H groups in total. The van der Waals surface area contributed by atoms with E-state index in [1.165, 1.54) is 42.5 Å². The number of esters is 1. The third-order valence-corrected chi connectivity index (χ3v) is 3.92. The Hall–Kier alpha value is -3.69. The van der Waals surface area contributed by atoms with Gasteiger partial charge in [-0.15, -0.1) is 10.2 Å². The standard InChI is InChI=1S/C19H14F3N3O4/c1-28-17(27)14(23-15(26)12-9-5-6-10-13(12)20)16-24-25-18(29-16)19(21,22)11-7-3-2-4-8-11/h2-10,14H,1H3,(H,23,26)/t14-/m0/s1. The second-order valence-corrected chi connectivity index (χ2v) is 5.80. The van der Waals surface area contributed by atoms with Gasteiger partial charge in [0.25, 0.3) is 17.7 Å². The molecule has 7 nitrogen and oxygen atoms in total. The van der Waals surface area contributed by atoms with Crippen molar-refractivity contribution in [3.63, 3.8) is 0 Å². The van der Waals surface area contributed by atoms with Crippen molar-refractivity contribution in [1.82, 2.24) is 15.5 Å². The zero-order valence-corrected chi connectivity index (χ0v) is 14.9. The Kier molecular flexibility index (Phi) is 5.62. The van der Waals surface area contributed by atoms with Crippen LogP contribution in [0.3, 0.4) is 0 Å². The first-order chi connectivity index (χ1) is 13.8. The first-order valence-corrected chi connectivity index (χ1v) is 8.25. The molecule has 1 amide bonds. The molecule has 1 aromatic heterocycles. The highest BCUT2D eigenvalue weighted by molar-refractivity contribution is 5.97. The SMILES string of the molecule is COC(=O)[C@@H](NC(=O)c1ccccc1F)c1nnc(C(F)(F)c2ccccc2)o1. The van der Waals surface area contributed by atoms with Crippen LogP contribution in [0.15, 0.2) is 59.0 Å². The summed E-state index contributed by atoms with van der Waals surface area (Å²) in [6, 6.07) is 10.0. The minimum Gasteiger partial charge on any atom is -0.467 e. The van der Waals surface area contributed by atoms with Crippen molar-refractivity contribution in [3.8, 4) is 0 Å². The molecule has 0 saturated heterocycles. The molecular weight excluding hydrogens is 391 g/mol. The number of rotatable bonds is 6. The fourth-order valence-electron chi connectivity index (χ4n) is 2.44. The molecule has 0 saturated carbocycles. The third kappa shape index (κ3) is 4.10. The van der Waals surface area contributed by atoms with Crippen LogP contribution in [0.4, 0.5) is 13.2 Å². The minimum atomic E-state index is -3.64. The van der Waals surface area contributed by atoms with Crippen LogP contribution in [0.25, 0.3) is 0 Å². The van der Waals surface area contributed by atoms with Gasteiger partial charge in [0.1, 0.15) is 5.82 Å². The summed E-state index contributed by atoms with van der Waals surface area (Å²) in [6.45, 7) is 0. The van der Waals surface area contributed by atoms with Gasteiger partial charge in [-0.05, 0) is 12.1 Å². The topological polar surface area (TPSA) is 94.3 Å². The van der Waals surface area contributed by atoms with Gasteiger partial charge in [-0.3, -0.25) is 4.79 Å². The molecule has 3 aromatic rings. The number of hydrogen-bond acceptors (Lipinski definition) is 6. The average Bonchev–Trinajstić information content (AvgIpc) is 3.23. The van der Waals surface area contributed by atoms with Gasteiger partial charge in [0.05, 0.1) is 12.7 Å². The van der Waals surface area contributed by atoms with Crippen LogP contribution < -0.4 is 5.32 Å². The quantitative estimate of drug-likeness (QED) is 0.634. The molecule has 0 unspecified atom stereocenters. The Labute approximate surface area is 162 Å². The van der Waals surface area contributed by atoms with Crippen LogP contribution in [-0.2, 0) is 15.5 Å². The van der Waals surface area contributed by atoms with Crippen LogP contribution in [0.1, 0.15) is 33.7 Å². The second kappa shape index (κ2) is 8.13. The van der Waals surface area contributed by atoms with Crippen LogP contribution >= 0.6 is 0 Å². The normalized spacial score (nSPS) is 12.3. The molecule has 0 bridgehead atoms.